The van der Waals surface area contributed by atoms with E-state index in [0.717, 1.165) is 11.2 Å². The van der Waals surface area contributed by atoms with Crippen molar-refractivity contribution in [1.29, 1.82) is 0 Å². The van der Waals surface area contributed by atoms with Crippen LogP contribution in [0.3, 0.4) is 0 Å². The molecule has 0 aliphatic heterocycles. The molecular weight excluding hydrogens is 456 g/mol. The first kappa shape index (κ1) is 23.2. The second kappa shape index (κ2) is 10.3. The average Bonchev–Trinajstić information content (AvgIpc) is 3.04. The molecule has 1 amide bonds. The van der Waals surface area contributed by atoms with Gasteiger partial charge in [-0.1, -0.05) is 29.5 Å². The zero-order valence-corrected chi connectivity index (χ0v) is 19.6. The third-order valence-corrected chi connectivity index (χ3v) is 7.39. The fraction of sp³-hybridized carbons (Fsp3) is 0.286. The Labute approximate surface area is 188 Å². The van der Waals surface area contributed by atoms with Gasteiger partial charge in [0.05, 0.1) is 21.7 Å². The number of hydrogen-bond donors (Lipinski definition) is 0. The summed E-state index contributed by atoms with van der Waals surface area (Å²) in [5.74, 6) is -0.188. The minimum atomic E-state index is -3.39. The number of benzene rings is 2. The lowest BCUT2D eigenvalue weighted by atomic mass is 10.3. The Morgan fingerprint density at radius 3 is 2.58 bits per heavy atom. The molecule has 0 atom stereocenters. The highest BCUT2D eigenvalue weighted by Gasteiger charge is 2.15. The van der Waals surface area contributed by atoms with Crippen LogP contribution in [0.15, 0.2) is 63.3 Å². The van der Waals surface area contributed by atoms with E-state index in [-0.39, 0.29) is 30.4 Å². The lowest BCUT2D eigenvalue weighted by molar-refractivity contribution is -0.143. The van der Waals surface area contributed by atoms with Crippen molar-refractivity contribution in [3.8, 4) is 0 Å². The van der Waals surface area contributed by atoms with Crippen molar-refractivity contribution in [2.75, 3.05) is 18.6 Å². The molecule has 0 bridgehead atoms. The van der Waals surface area contributed by atoms with E-state index < -0.39 is 15.8 Å². The predicted molar refractivity (Wildman–Crippen MR) is 122 cm³/mol. The molecule has 0 aliphatic carbocycles. The number of aromatic nitrogens is 1. The molecule has 31 heavy (non-hydrogen) atoms. The molecule has 0 unspecified atom stereocenters. The zero-order valence-electron chi connectivity index (χ0n) is 17.1. The minimum absolute atomic E-state index is 0.114. The number of rotatable bonds is 8. The second-order valence-corrected chi connectivity index (χ2v) is 10.8. The van der Waals surface area contributed by atoms with Gasteiger partial charge in [-0.05, 0) is 37.3 Å². The summed E-state index contributed by atoms with van der Waals surface area (Å²) in [4.78, 5) is 30.3. The van der Waals surface area contributed by atoms with Crippen LogP contribution in [0.1, 0.15) is 13.3 Å². The summed E-state index contributed by atoms with van der Waals surface area (Å²) < 4.78 is 31.0. The number of amides is 1. The van der Waals surface area contributed by atoms with Gasteiger partial charge >= 0.3 is 5.97 Å². The van der Waals surface area contributed by atoms with Crippen molar-refractivity contribution >= 4 is 55.0 Å². The fourth-order valence-corrected chi connectivity index (χ4v) is 5.46. The van der Waals surface area contributed by atoms with E-state index in [1.807, 2.05) is 30.3 Å². The molecule has 3 aromatic rings. The smallest absolute Gasteiger partial charge is 0.326 e. The summed E-state index contributed by atoms with van der Waals surface area (Å²) in [6, 6.07) is 14.4. The van der Waals surface area contributed by atoms with Crippen LogP contribution >= 0.6 is 23.1 Å². The topological polar surface area (TPSA) is 94.8 Å². The van der Waals surface area contributed by atoms with E-state index in [4.69, 9.17) is 4.74 Å². The molecule has 7 nitrogen and oxygen atoms in total. The molecule has 3 rings (SSSR count). The Hall–Kier alpha value is -2.43. The standard InChI is InChI=1S/C21H22N2O5S3/c1-3-28-20(25)14-23-17-10-9-16(31(2,26)27)13-18(17)30-21(23)22-19(24)11-12-29-15-7-5-4-6-8-15/h4-10,13H,3,11-12,14H2,1-2H3. The van der Waals surface area contributed by atoms with Crippen LogP contribution in [-0.2, 0) is 30.7 Å². The van der Waals surface area contributed by atoms with Crippen molar-refractivity contribution in [2.24, 2.45) is 4.99 Å². The highest BCUT2D eigenvalue weighted by atomic mass is 32.2. The van der Waals surface area contributed by atoms with Gasteiger partial charge in [0.25, 0.3) is 0 Å². The van der Waals surface area contributed by atoms with Crippen molar-refractivity contribution in [2.45, 2.75) is 29.7 Å². The van der Waals surface area contributed by atoms with Gasteiger partial charge in [0, 0.05) is 23.3 Å². The van der Waals surface area contributed by atoms with E-state index in [1.165, 1.54) is 23.5 Å². The Kier molecular flexibility index (Phi) is 7.69. The van der Waals surface area contributed by atoms with Crippen LogP contribution in [0, 0.1) is 0 Å². The van der Waals surface area contributed by atoms with Crippen LogP contribution in [0.4, 0.5) is 0 Å². The molecule has 0 radical (unpaired) electrons. The number of hydrogen-bond acceptors (Lipinski definition) is 7. The molecule has 1 aromatic heterocycles. The highest BCUT2D eigenvalue weighted by Crippen LogP contribution is 2.22. The maximum Gasteiger partial charge on any atom is 0.326 e. The Morgan fingerprint density at radius 2 is 1.90 bits per heavy atom. The summed E-state index contributed by atoms with van der Waals surface area (Å²) in [6.45, 7) is 1.84. The van der Waals surface area contributed by atoms with Crippen molar-refractivity contribution in [3.63, 3.8) is 0 Å². The van der Waals surface area contributed by atoms with Gasteiger partial charge < -0.3 is 9.30 Å². The van der Waals surface area contributed by atoms with E-state index >= 15 is 0 Å². The summed E-state index contributed by atoms with van der Waals surface area (Å²) in [5, 5.41) is 0. The van der Waals surface area contributed by atoms with Crippen molar-refractivity contribution in [1.82, 2.24) is 4.57 Å². The predicted octanol–water partition coefficient (Wildman–Crippen LogP) is 3.28. The molecule has 164 valence electrons. The van der Waals surface area contributed by atoms with E-state index in [2.05, 4.69) is 4.99 Å². The van der Waals surface area contributed by atoms with Crippen LogP contribution in [-0.4, -0.2) is 43.5 Å². The first-order valence-electron chi connectivity index (χ1n) is 9.52. The molecule has 0 fully saturated rings. The fourth-order valence-electron chi connectivity index (χ4n) is 2.79. The molecule has 2 aromatic carbocycles. The monoisotopic (exact) mass is 478 g/mol. The summed E-state index contributed by atoms with van der Waals surface area (Å²) in [7, 11) is -3.39. The molecule has 0 saturated carbocycles. The van der Waals surface area contributed by atoms with E-state index in [0.29, 0.717) is 20.8 Å². The number of esters is 1. The normalized spacial score (nSPS) is 12.3. The van der Waals surface area contributed by atoms with Crippen LogP contribution in [0.5, 0.6) is 0 Å². The SMILES string of the molecule is CCOC(=O)Cn1c(=NC(=O)CCSc2ccccc2)sc2cc(S(C)(=O)=O)ccc21. The van der Waals surface area contributed by atoms with Crippen LogP contribution < -0.4 is 4.80 Å². The Bertz CT molecular complexity index is 1260. The number of ether oxygens (including phenoxy) is 1. The maximum absolute atomic E-state index is 12.5. The minimum Gasteiger partial charge on any atom is -0.465 e. The van der Waals surface area contributed by atoms with Gasteiger partial charge in [-0.15, -0.1) is 11.8 Å². The van der Waals surface area contributed by atoms with Gasteiger partial charge in [0.1, 0.15) is 6.54 Å². The number of sulfone groups is 1. The largest absolute Gasteiger partial charge is 0.465 e. The first-order chi connectivity index (χ1) is 14.8. The van der Waals surface area contributed by atoms with Crippen molar-refractivity contribution < 1.29 is 22.7 Å². The van der Waals surface area contributed by atoms with Gasteiger partial charge in [0.2, 0.25) is 5.91 Å². The molecule has 1 heterocycles. The zero-order chi connectivity index (χ0) is 22.4. The molecule has 10 heteroatoms. The van der Waals surface area contributed by atoms with Gasteiger partial charge in [-0.25, -0.2) is 8.42 Å². The average molecular weight is 479 g/mol. The first-order valence-corrected chi connectivity index (χ1v) is 13.2. The number of nitrogens with zero attached hydrogens (tertiary/aromatic N) is 2. The third-order valence-electron chi connectivity index (χ3n) is 4.22. The van der Waals surface area contributed by atoms with E-state index in [1.54, 1.807) is 29.3 Å². The van der Waals surface area contributed by atoms with Gasteiger partial charge in [-0.2, -0.15) is 4.99 Å². The molecule has 0 N–H and O–H groups in total. The number of carbonyl (C=O) groups excluding carboxylic acids is 2. The van der Waals surface area contributed by atoms with E-state index in [9.17, 15) is 18.0 Å². The van der Waals surface area contributed by atoms with Gasteiger partial charge in [-0.3, -0.25) is 9.59 Å². The maximum atomic E-state index is 12.5. The molecule has 0 aliphatic rings. The Morgan fingerprint density at radius 1 is 1.16 bits per heavy atom. The summed E-state index contributed by atoms with van der Waals surface area (Å²) >= 11 is 2.73. The summed E-state index contributed by atoms with van der Waals surface area (Å²) in [6.07, 6.45) is 1.37. The summed E-state index contributed by atoms with van der Waals surface area (Å²) in [5.41, 5.74) is 0.621. The number of carbonyl (C=O) groups is 2. The van der Waals surface area contributed by atoms with Gasteiger partial charge in [0.15, 0.2) is 14.6 Å². The van der Waals surface area contributed by atoms with Crippen molar-refractivity contribution in [3.05, 3.63) is 53.3 Å². The number of thiazole rings is 1. The second-order valence-electron chi connectivity index (χ2n) is 6.59. The molecule has 0 spiro atoms. The number of fused-ring (bicyclic) bond motifs is 1. The Balaban J connectivity index is 1.90. The molecular formula is C21H22N2O5S3. The van der Waals surface area contributed by atoms with Crippen LogP contribution in [0.25, 0.3) is 10.2 Å². The highest BCUT2D eigenvalue weighted by molar-refractivity contribution is 7.99. The quantitative estimate of drug-likeness (QED) is 0.364. The lowest BCUT2D eigenvalue weighted by Gasteiger charge is -2.05. The molecule has 0 saturated heterocycles. The number of thioether (sulfide) groups is 1. The third kappa shape index (κ3) is 6.28. The van der Waals surface area contributed by atoms with Crippen LogP contribution in [0.2, 0.25) is 0 Å². The lowest BCUT2D eigenvalue weighted by Crippen LogP contribution is -2.23.